The van der Waals surface area contributed by atoms with Crippen LogP contribution in [0.2, 0.25) is 0 Å². The summed E-state index contributed by atoms with van der Waals surface area (Å²) >= 11 is 0. The van der Waals surface area contributed by atoms with Crippen molar-refractivity contribution in [3.05, 3.63) is 63.6 Å². The summed E-state index contributed by atoms with van der Waals surface area (Å²) in [5, 5.41) is 14.3. The Hall–Kier alpha value is -3.76. The third-order valence-corrected chi connectivity index (χ3v) is 4.52. The minimum Gasteiger partial charge on any atom is -0.345 e. The van der Waals surface area contributed by atoms with Crippen molar-refractivity contribution in [3.8, 4) is 0 Å². The minimum atomic E-state index is -4.55. The number of carbonyl (C=O) groups is 1. The fraction of sp³-hybridized carbons (Fsp3) is 0.286. The lowest BCUT2D eigenvalue weighted by Crippen LogP contribution is -2.31. The van der Waals surface area contributed by atoms with E-state index in [1.165, 1.54) is 13.1 Å². The van der Waals surface area contributed by atoms with Crippen LogP contribution in [-0.2, 0) is 17.5 Å². The van der Waals surface area contributed by atoms with Crippen molar-refractivity contribution in [2.75, 3.05) is 5.32 Å². The van der Waals surface area contributed by atoms with Gasteiger partial charge in [0.05, 0.1) is 22.3 Å². The van der Waals surface area contributed by atoms with Gasteiger partial charge in [0.2, 0.25) is 5.91 Å². The number of rotatable bonds is 4. The van der Waals surface area contributed by atoms with Crippen molar-refractivity contribution in [2.45, 2.75) is 39.4 Å². The number of carbonyl (C=O) groups excluding carboxylic acids is 1. The Morgan fingerprint density at radius 3 is 2.53 bits per heavy atom. The number of halogens is 3. The zero-order chi connectivity index (χ0) is 23.6. The molecule has 168 valence electrons. The zero-order valence-corrected chi connectivity index (χ0v) is 17.5. The Morgan fingerprint density at radius 1 is 1.25 bits per heavy atom. The highest BCUT2D eigenvalue weighted by atomic mass is 19.4. The third-order valence-electron chi connectivity index (χ3n) is 4.52. The highest BCUT2D eigenvalue weighted by Crippen LogP contribution is 2.32. The van der Waals surface area contributed by atoms with E-state index >= 15 is 0 Å². The molecule has 0 atom stereocenters. The van der Waals surface area contributed by atoms with Gasteiger partial charge in [-0.1, -0.05) is 13.8 Å². The number of pyridine rings is 1. The number of amidine groups is 1. The molecule has 0 radical (unpaired) electrons. The number of nitrogens with zero attached hydrogens (tertiary/aromatic N) is 3. The molecule has 11 heteroatoms. The van der Waals surface area contributed by atoms with Crippen LogP contribution in [0.4, 0.5) is 18.9 Å². The molecule has 0 aliphatic carbocycles. The van der Waals surface area contributed by atoms with E-state index in [-0.39, 0.29) is 22.5 Å². The molecule has 0 aliphatic heterocycles. The average molecular weight is 446 g/mol. The molecule has 2 heterocycles. The molecule has 0 unspecified atom stereocenters. The first-order valence-electron chi connectivity index (χ1n) is 9.66. The SMILES string of the molecule is CC(=N)/N=c1/ccc(NC(=O)Cn2nc(C(C)C)c3cc(C(F)(F)F)ccc3c2=O)c[nH]1. The number of aromatic nitrogens is 3. The van der Waals surface area contributed by atoms with Crippen LogP contribution in [0.1, 0.15) is 37.9 Å². The van der Waals surface area contributed by atoms with Gasteiger partial charge in [0, 0.05) is 11.6 Å². The highest BCUT2D eigenvalue weighted by Gasteiger charge is 2.31. The number of hydrogen-bond donors (Lipinski definition) is 3. The van der Waals surface area contributed by atoms with E-state index in [0.29, 0.717) is 16.9 Å². The van der Waals surface area contributed by atoms with E-state index in [9.17, 15) is 22.8 Å². The molecule has 0 spiro atoms. The molecule has 3 rings (SSSR count). The van der Waals surface area contributed by atoms with Gasteiger partial charge in [0.25, 0.3) is 5.56 Å². The molecule has 0 fully saturated rings. The van der Waals surface area contributed by atoms with Crippen LogP contribution in [-0.4, -0.2) is 26.5 Å². The summed E-state index contributed by atoms with van der Waals surface area (Å²) < 4.78 is 40.3. The van der Waals surface area contributed by atoms with Gasteiger partial charge in [-0.15, -0.1) is 0 Å². The summed E-state index contributed by atoms with van der Waals surface area (Å²) in [6.07, 6.45) is -3.07. The molecule has 1 aromatic carbocycles. The van der Waals surface area contributed by atoms with E-state index < -0.39 is 29.8 Å². The van der Waals surface area contributed by atoms with Gasteiger partial charge in [-0.25, -0.2) is 9.67 Å². The van der Waals surface area contributed by atoms with Crippen molar-refractivity contribution in [3.63, 3.8) is 0 Å². The number of aromatic amines is 1. The average Bonchev–Trinajstić information content (AvgIpc) is 2.70. The molecular formula is C21H21F3N6O2. The van der Waals surface area contributed by atoms with Crippen molar-refractivity contribution in [1.82, 2.24) is 14.8 Å². The molecule has 3 aromatic rings. The first-order valence-corrected chi connectivity index (χ1v) is 9.66. The highest BCUT2D eigenvalue weighted by molar-refractivity contribution is 5.91. The number of nitrogens with one attached hydrogen (secondary N) is 3. The van der Waals surface area contributed by atoms with Crippen LogP contribution < -0.4 is 16.4 Å². The van der Waals surface area contributed by atoms with E-state index in [1.54, 1.807) is 26.0 Å². The minimum absolute atomic E-state index is 0.0609. The second-order valence-electron chi connectivity index (χ2n) is 7.47. The third kappa shape index (κ3) is 5.10. The molecule has 0 bridgehead atoms. The number of amides is 1. The predicted octanol–water partition coefficient (Wildman–Crippen LogP) is 3.40. The lowest BCUT2D eigenvalue weighted by molar-refractivity contribution is -0.137. The number of benzene rings is 1. The van der Waals surface area contributed by atoms with Crippen LogP contribution in [0.25, 0.3) is 10.8 Å². The molecule has 3 N–H and O–H groups in total. The summed E-state index contributed by atoms with van der Waals surface area (Å²) in [5.41, 5.74) is -0.393. The Balaban J connectivity index is 1.93. The summed E-state index contributed by atoms with van der Waals surface area (Å²) in [5.74, 6) is -0.705. The number of hydrogen-bond acceptors (Lipinski definition) is 4. The summed E-state index contributed by atoms with van der Waals surface area (Å²) in [6.45, 7) is 4.60. The topological polar surface area (TPSA) is 116 Å². The van der Waals surface area contributed by atoms with E-state index in [1.807, 2.05) is 0 Å². The van der Waals surface area contributed by atoms with Crippen LogP contribution in [0.15, 0.2) is 46.3 Å². The van der Waals surface area contributed by atoms with Gasteiger partial charge >= 0.3 is 6.18 Å². The number of fused-ring (bicyclic) bond motifs is 1. The fourth-order valence-corrected chi connectivity index (χ4v) is 3.10. The zero-order valence-electron chi connectivity index (χ0n) is 17.5. The van der Waals surface area contributed by atoms with Crippen molar-refractivity contribution in [1.29, 1.82) is 5.41 Å². The lowest BCUT2D eigenvalue weighted by Gasteiger charge is -2.15. The maximum atomic E-state index is 13.1. The maximum Gasteiger partial charge on any atom is 0.416 e. The summed E-state index contributed by atoms with van der Waals surface area (Å²) in [7, 11) is 0. The van der Waals surface area contributed by atoms with Gasteiger partial charge in [-0.2, -0.15) is 18.3 Å². The van der Waals surface area contributed by atoms with Gasteiger partial charge < -0.3 is 10.3 Å². The quantitative estimate of drug-likeness (QED) is 0.421. The second kappa shape index (κ2) is 8.77. The fourth-order valence-electron chi connectivity index (χ4n) is 3.10. The van der Waals surface area contributed by atoms with Crippen LogP contribution in [0.5, 0.6) is 0 Å². The molecular weight excluding hydrogens is 425 g/mol. The number of alkyl halides is 3. The first kappa shape index (κ1) is 22.9. The molecule has 0 saturated heterocycles. The molecule has 8 nitrogen and oxygen atoms in total. The smallest absolute Gasteiger partial charge is 0.345 e. The largest absolute Gasteiger partial charge is 0.416 e. The molecule has 0 saturated carbocycles. The van der Waals surface area contributed by atoms with Gasteiger partial charge in [-0.05, 0) is 43.2 Å². The Labute approximate surface area is 180 Å². The predicted molar refractivity (Wildman–Crippen MR) is 113 cm³/mol. The van der Waals surface area contributed by atoms with Crippen LogP contribution in [0, 0.1) is 5.41 Å². The second-order valence-corrected chi connectivity index (χ2v) is 7.47. The maximum absolute atomic E-state index is 13.1. The van der Waals surface area contributed by atoms with Gasteiger partial charge in [0.15, 0.2) is 0 Å². The normalized spacial score (nSPS) is 12.4. The van der Waals surface area contributed by atoms with E-state index in [4.69, 9.17) is 5.41 Å². The number of anilines is 1. The Kier molecular flexibility index (Phi) is 6.28. The molecule has 0 aliphatic rings. The monoisotopic (exact) mass is 446 g/mol. The van der Waals surface area contributed by atoms with Gasteiger partial charge in [-0.3, -0.25) is 15.0 Å². The number of H-pyrrole nitrogens is 1. The summed E-state index contributed by atoms with van der Waals surface area (Å²) in [4.78, 5) is 32.0. The molecule has 2 aromatic heterocycles. The van der Waals surface area contributed by atoms with Crippen molar-refractivity contribution < 1.29 is 18.0 Å². The molecule has 32 heavy (non-hydrogen) atoms. The van der Waals surface area contributed by atoms with Crippen molar-refractivity contribution >= 4 is 28.2 Å². The molecule has 1 amide bonds. The lowest BCUT2D eigenvalue weighted by atomic mass is 10.0. The Bertz CT molecular complexity index is 1300. The summed E-state index contributed by atoms with van der Waals surface area (Å²) in [6, 6.07) is 6.03. The van der Waals surface area contributed by atoms with Crippen molar-refractivity contribution in [2.24, 2.45) is 4.99 Å². The van der Waals surface area contributed by atoms with Crippen LogP contribution >= 0.6 is 0 Å². The van der Waals surface area contributed by atoms with E-state index in [2.05, 4.69) is 20.4 Å². The standard InChI is InChI=1S/C21H21F3N6O2/c1-11(2)19-16-8-13(21(22,23)24)4-6-15(16)20(32)30(29-19)10-18(31)28-14-5-7-17(26-9-14)27-12(3)25/h4-9,11H,10H2,1-3H3,(H,28,31)(H2,25,26,27). The van der Waals surface area contributed by atoms with Crippen LogP contribution in [0.3, 0.4) is 0 Å². The van der Waals surface area contributed by atoms with Gasteiger partial charge in [0.1, 0.15) is 17.9 Å². The Morgan fingerprint density at radius 2 is 1.97 bits per heavy atom. The first-order chi connectivity index (χ1) is 15.0. The van der Waals surface area contributed by atoms with E-state index in [0.717, 1.165) is 22.9 Å².